The highest BCUT2D eigenvalue weighted by Gasteiger charge is 2.10. The summed E-state index contributed by atoms with van der Waals surface area (Å²) in [5.74, 6) is 5.41. The number of amides is 1. The number of nitro benzene ring substituents is 1. The number of nitrogens with one attached hydrogen (secondary N) is 1. The molecule has 0 unspecified atom stereocenters. The van der Waals surface area contributed by atoms with E-state index in [1.165, 1.54) is 6.07 Å². The normalized spacial score (nSPS) is 10.1. The second kappa shape index (κ2) is 8.11. The Kier molecular flexibility index (Phi) is 6.45. The molecule has 0 radical (unpaired) electrons. The number of unbranched alkanes of at least 4 members (excludes halogenated alkanes) is 2. The van der Waals surface area contributed by atoms with Gasteiger partial charge in [0.2, 0.25) is 5.91 Å². The summed E-state index contributed by atoms with van der Waals surface area (Å²) < 4.78 is 5.51. The predicted octanol–water partition coefficient (Wildman–Crippen LogP) is 1.83. The van der Waals surface area contributed by atoms with E-state index in [4.69, 9.17) is 10.6 Å². The smallest absolute Gasteiger partial charge is 0.272 e. The molecule has 0 saturated carbocycles. The maximum Gasteiger partial charge on any atom is 0.272 e. The van der Waals surface area contributed by atoms with Gasteiger partial charge in [0.1, 0.15) is 5.75 Å². The maximum absolute atomic E-state index is 10.9. The number of aryl methyl sites for hydroxylation is 1. The molecule has 0 aliphatic rings. The lowest BCUT2D eigenvalue weighted by molar-refractivity contribution is -0.385. The van der Waals surface area contributed by atoms with Gasteiger partial charge in [-0.2, -0.15) is 0 Å². The Hall–Kier alpha value is -2.15. The number of carbonyl (C=O) groups excluding carboxylic acids is 1. The van der Waals surface area contributed by atoms with Crippen molar-refractivity contribution in [3.05, 3.63) is 33.9 Å². The van der Waals surface area contributed by atoms with Gasteiger partial charge in [-0.25, -0.2) is 5.84 Å². The first-order valence-electron chi connectivity index (χ1n) is 6.42. The van der Waals surface area contributed by atoms with E-state index in [-0.39, 0.29) is 11.6 Å². The first kappa shape index (κ1) is 15.9. The first-order valence-corrected chi connectivity index (χ1v) is 6.42. The van der Waals surface area contributed by atoms with Crippen molar-refractivity contribution >= 4 is 11.6 Å². The minimum absolute atomic E-state index is 0.0881. The van der Waals surface area contributed by atoms with Gasteiger partial charge in [0.25, 0.3) is 5.69 Å². The topological polar surface area (TPSA) is 107 Å². The molecule has 1 rings (SSSR count). The van der Waals surface area contributed by atoms with Crippen LogP contribution < -0.4 is 16.0 Å². The summed E-state index contributed by atoms with van der Waals surface area (Å²) in [6.07, 6.45) is 2.84. The minimum Gasteiger partial charge on any atom is -0.494 e. The quantitative estimate of drug-likeness (QED) is 0.248. The summed E-state index contributed by atoms with van der Waals surface area (Å²) in [6.45, 7) is 2.19. The molecule has 0 heterocycles. The van der Waals surface area contributed by atoms with Crippen molar-refractivity contribution in [2.75, 3.05) is 6.61 Å². The van der Waals surface area contributed by atoms with Crippen LogP contribution in [-0.2, 0) is 4.79 Å². The molecule has 0 aliphatic heterocycles. The second-order valence-electron chi connectivity index (χ2n) is 4.43. The van der Waals surface area contributed by atoms with E-state index in [1.54, 1.807) is 19.1 Å². The van der Waals surface area contributed by atoms with Crippen molar-refractivity contribution in [1.29, 1.82) is 0 Å². The van der Waals surface area contributed by atoms with Gasteiger partial charge >= 0.3 is 0 Å². The molecule has 0 spiro atoms. The van der Waals surface area contributed by atoms with E-state index in [1.807, 2.05) is 0 Å². The lowest BCUT2D eigenvalue weighted by Gasteiger charge is -2.07. The van der Waals surface area contributed by atoms with Gasteiger partial charge in [-0.15, -0.1) is 0 Å². The van der Waals surface area contributed by atoms with Gasteiger partial charge in [-0.3, -0.25) is 20.3 Å². The molecule has 0 saturated heterocycles. The molecule has 7 heteroatoms. The number of hydrazine groups is 1. The summed E-state index contributed by atoms with van der Waals surface area (Å²) in [6, 6.07) is 4.68. The maximum atomic E-state index is 10.9. The molecule has 0 fully saturated rings. The highest BCUT2D eigenvalue weighted by molar-refractivity contribution is 5.75. The third kappa shape index (κ3) is 5.23. The van der Waals surface area contributed by atoms with E-state index in [0.29, 0.717) is 24.3 Å². The number of rotatable bonds is 8. The Bertz CT molecular complexity index is 477. The number of nitrogens with two attached hydrogens (primary N) is 1. The average molecular weight is 281 g/mol. The van der Waals surface area contributed by atoms with Gasteiger partial charge in [0.05, 0.1) is 11.5 Å². The Morgan fingerprint density at radius 2 is 2.15 bits per heavy atom. The molecule has 1 amide bonds. The SMILES string of the molecule is Cc1cc(OCCCCCC(=O)NN)ccc1[N+](=O)[O-]. The van der Waals surface area contributed by atoms with Crippen LogP contribution >= 0.6 is 0 Å². The van der Waals surface area contributed by atoms with Crippen LogP contribution in [0.1, 0.15) is 31.2 Å². The van der Waals surface area contributed by atoms with Crippen LogP contribution in [0.25, 0.3) is 0 Å². The van der Waals surface area contributed by atoms with E-state index < -0.39 is 4.92 Å². The number of hydrogen-bond acceptors (Lipinski definition) is 5. The Morgan fingerprint density at radius 3 is 2.75 bits per heavy atom. The number of hydrogen-bond donors (Lipinski definition) is 2. The standard InChI is InChI=1S/C13H19N3O4/c1-10-9-11(6-7-12(10)16(18)19)20-8-4-2-3-5-13(17)15-14/h6-7,9H,2-5,8,14H2,1H3,(H,15,17). The fourth-order valence-corrected chi connectivity index (χ4v) is 1.75. The van der Waals surface area contributed by atoms with Crippen LogP contribution in [0.3, 0.4) is 0 Å². The molecule has 3 N–H and O–H groups in total. The highest BCUT2D eigenvalue weighted by Crippen LogP contribution is 2.23. The van der Waals surface area contributed by atoms with Crippen LogP contribution in [0.15, 0.2) is 18.2 Å². The van der Waals surface area contributed by atoms with Crippen LogP contribution in [-0.4, -0.2) is 17.4 Å². The summed E-state index contributed by atoms with van der Waals surface area (Å²) in [4.78, 5) is 21.1. The van der Waals surface area contributed by atoms with Crippen LogP contribution in [0.2, 0.25) is 0 Å². The van der Waals surface area contributed by atoms with E-state index in [0.717, 1.165) is 19.3 Å². The minimum atomic E-state index is -0.415. The van der Waals surface area contributed by atoms with Crippen LogP contribution in [0.4, 0.5) is 5.69 Å². The lowest BCUT2D eigenvalue weighted by atomic mass is 10.2. The van der Waals surface area contributed by atoms with Crippen molar-refractivity contribution in [2.45, 2.75) is 32.6 Å². The largest absolute Gasteiger partial charge is 0.494 e. The summed E-state index contributed by atoms with van der Waals surface area (Å²) in [5, 5.41) is 10.7. The van der Waals surface area contributed by atoms with Crippen molar-refractivity contribution in [1.82, 2.24) is 5.43 Å². The predicted molar refractivity (Wildman–Crippen MR) is 74.1 cm³/mol. The van der Waals surface area contributed by atoms with Crippen molar-refractivity contribution in [3.8, 4) is 5.75 Å². The Labute approximate surface area is 117 Å². The number of nitrogens with zero attached hydrogens (tertiary/aromatic N) is 1. The zero-order valence-electron chi connectivity index (χ0n) is 11.4. The van der Waals surface area contributed by atoms with Crippen LogP contribution in [0.5, 0.6) is 5.75 Å². The lowest BCUT2D eigenvalue weighted by Crippen LogP contribution is -2.29. The van der Waals surface area contributed by atoms with E-state index >= 15 is 0 Å². The summed E-state index contributed by atoms with van der Waals surface area (Å²) in [7, 11) is 0. The first-order chi connectivity index (χ1) is 9.54. The second-order valence-corrected chi connectivity index (χ2v) is 4.43. The number of carbonyl (C=O) groups is 1. The average Bonchev–Trinajstić information content (AvgIpc) is 2.42. The van der Waals surface area contributed by atoms with Gasteiger partial charge in [-0.1, -0.05) is 0 Å². The number of nitro groups is 1. The third-order valence-corrected chi connectivity index (χ3v) is 2.84. The van der Waals surface area contributed by atoms with Gasteiger partial charge in [-0.05, 0) is 38.3 Å². The molecule has 0 aromatic heterocycles. The molecular weight excluding hydrogens is 262 g/mol. The Morgan fingerprint density at radius 1 is 1.40 bits per heavy atom. The molecule has 7 nitrogen and oxygen atoms in total. The van der Waals surface area contributed by atoms with Gasteiger partial charge in [0, 0.05) is 18.1 Å². The molecule has 0 atom stereocenters. The summed E-state index contributed by atoms with van der Waals surface area (Å²) >= 11 is 0. The van der Waals surface area contributed by atoms with Gasteiger partial charge in [0.15, 0.2) is 0 Å². The highest BCUT2D eigenvalue weighted by atomic mass is 16.6. The summed E-state index contributed by atoms with van der Waals surface area (Å²) in [5.41, 5.74) is 2.74. The Balaban J connectivity index is 2.27. The van der Waals surface area contributed by atoms with Crippen LogP contribution in [0, 0.1) is 17.0 Å². The van der Waals surface area contributed by atoms with E-state index in [2.05, 4.69) is 5.43 Å². The van der Waals surface area contributed by atoms with Crippen molar-refractivity contribution in [3.63, 3.8) is 0 Å². The monoisotopic (exact) mass is 281 g/mol. The zero-order valence-corrected chi connectivity index (χ0v) is 11.4. The molecule has 20 heavy (non-hydrogen) atoms. The number of benzene rings is 1. The van der Waals surface area contributed by atoms with Crippen molar-refractivity contribution < 1.29 is 14.5 Å². The van der Waals surface area contributed by atoms with Gasteiger partial charge < -0.3 is 4.74 Å². The fourth-order valence-electron chi connectivity index (χ4n) is 1.75. The molecule has 0 aliphatic carbocycles. The molecule has 110 valence electrons. The number of ether oxygens (including phenoxy) is 1. The third-order valence-electron chi connectivity index (χ3n) is 2.84. The van der Waals surface area contributed by atoms with E-state index in [9.17, 15) is 14.9 Å². The molecule has 1 aromatic rings. The van der Waals surface area contributed by atoms with Crippen molar-refractivity contribution in [2.24, 2.45) is 5.84 Å². The molecule has 0 bridgehead atoms. The zero-order chi connectivity index (χ0) is 15.0. The fraction of sp³-hybridized carbons (Fsp3) is 0.462. The molecular formula is C13H19N3O4. The molecule has 1 aromatic carbocycles.